The van der Waals surface area contributed by atoms with Crippen molar-refractivity contribution in [3.05, 3.63) is 33.1 Å². The highest BCUT2D eigenvalue weighted by atomic mass is 79.9. The van der Waals surface area contributed by atoms with Crippen molar-refractivity contribution in [2.75, 3.05) is 0 Å². The number of aldehydes is 1. The third-order valence-corrected chi connectivity index (χ3v) is 4.16. The maximum absolute atomic E-state index is 10.7. The minimum Gasteiger partial charge on any atom is -0.297 e. The van der Waals surface area contributed by atoms with Gasteiger partial charge in [-0.3, -0.25) is 4.79 Å². The number of halogens is 1. The molecule has 13 heavy (non-hydrogen) atoms. The molecule has 66 valence electrons. The summed E-state index contributed by atoms with van der Waals surface area (Å²) in [6.07, 6.45) is 0.897. The zero-order valence-electron chi connectivity index (χ0n) is 7.00. The predicted octanol–water partition coefficient (Wildman–Crippen LogP) is 3.78. The largest absolute Gasteiger partial charge is 0.297 e. The van der Waals surface area contributed by atoms with Crippen molar-refractivity contribution in [3.8, 4) is 0 Å². The predicted molar refractivity (Wildman–Crippen MR) is 59.6 cm³/mol. The number of carbonyl (C=O) groups excluding carboxylic acids is 1. The molecule has 1 heterocycles. The molecule has 3 heteroatoms. The summed E-state index contributed by atoms with van der Waals surface area (Å²) in [4.78, 5) is 11.5. The van der Waals surface area contributed by atoms with Gasteiger partial charge in [0.15, 0.2) is 6.29 Å². The van der Waals surface area contributed by atoms with Crippen LogP contribution in [0.5, 0.6) is 0 Å². The molecule has 0 bridgehead atoms. The molecule has 0 fully saturated rings. The lowest BCUT2D eigenvalue weighted by Gasteiger charge is -1.94. The van der Waals surface area contributed by atoms with Crippen LogP contribution in [-0.4, -0.2) is 6.29 Å². The smallest absolute Gasteiger partial charge is 0.161 e. The summed E-state index contributed by atoms with van der Waals surface area (Å²) in [5.41, 5.74) is 1.20. The third-order valence-electron chi connectivity index (χ3n) is 2.00. The monoisotopic (exact) mass is 254 g/mol. The first kappa shape index (κ1) is 8.91. The summed E-state index contributed by atoms with van der Waals surface area (Å²) >= 11 is 4.97. The van der Waals surface area contributed by atoms with Gasteiger partial charge in [-0.25, -0.2) is 0 Å². The average molecular weight is 255 g/mol. The van der Waals surface area contributed by atoms with E-state index >= 15 is 0 Å². The maximum Gasteiger partial charge on any atom is 0.161 e. The van der Waals surface area contributed by atoms with Crippen LogP contribution >= 0.6 is 27.3 Å². The van der Waals surface area contributed by atoms with Crippen molar-refractivity contribution >= 4 is 43.6 Å². The standard InChI is InChI=1S/C10H7BrOS/c1-6-3-2-4-7-9(6)10(11)8(5-12)13-7/h2-5H,1H3. The highest BCUT2D eigenvalue weighted by Gasteiger charge is 2.09. The summed E-state index contributed by atoms with van der Waals surface area (Å²) in [7, 11) is 0. The molecule has 0 aliphatic carbocycles. The Morgan fingerprint density at radius 2 is 2.23 bits per heavy atom. The molecule has 0 aliphatic rings. The van der Waals surface area contributed by atoms with Gasteiger partial charge in [0.05, 0.1) is 4.88 Å². The van der Waals surface area contributed by atoms with Crippen LogP contribution in [0.25, 0.3) is 10.1 Å². The first-order valence-corrected chi connectivity index (χ1v) is 5.48. The lowest BCUT2D eigenvalue weighted by molar-refractivity contribution is 0.112. The second-order valence-electron chi connectivity index (χ2n) is 2.85. The second kappa shape index (κ2) is 3.24. The first-order chi connectivity index (χ1) is 6.24. The lowest BCUT2D eigenvalue weighted by atomic mass is 10.1. The lowest BCUT2D eigenvalue weighted by Crippen LogP contribution is -1.74. The fourth-order valence-electron chi connectivity index (χ4n) is 1.37. The number of hydrogen-bond donors (Lipinski definition) is 0. The van der Waals surface area contributed by atoms with Crippen LogP contribution in [0.4, 0.5) is 0 Å². The molecule has 1 aromatic heterocycles. The van der Waals surface area contributed by atoms with Crippen LogP contribution in [-0.2, 0) is 0 Å². The van der Waals surface area contributed by atoms with Gasteiger partial charge in [0.1, 0.15) is 0 Å². The van der Waals surface area contributed by atoms with Gasteiger partial charge >= 0.3 is 0 Å². The fraction of sp³-hybridized carbons (Fsp3) is 0.100. The fourth-order valence-corrected chi connectivity index (χ4v) is 3.35. The van der Waals surface area contributed by atoms with Crippen LogP contribution in [0.1, 0.15) is 15.2 Å². The number of hydrogen-bond acceptors (Lipinski definition) is 2. The SMILES string of the molecule is Cc1cccc2sc(C=O)c(Br)c12. The number of aryl methyl sites for hydroxylation is 1. The van der Waals surface area contributed by atoms with E-state index in [1.165, 1.54) is 16.9 Å². The number of benzene rings is 1. The zero-order chi connectivity index (χ0) is 9.42. The molecule has 1 aromatic carbocycles. The first-order valence-electron chi connectivity index (χ1n) is 3.87. The molecule has 1 nitrogen and oxygen atoms in total. The highest BCUT2D eigenvalue weighted by molar-refractivity contribution is 9.10. The molecule has 0 radical (unpaired) electrons. The molecule has 0 unspecified atom stereocenters. The van der Waals surface area contributed by atoms with E-state index < -0.39 is 0 Å². The van der Waals surface area contributed by atoms with Crippen LogP contribution < -0.4 is 0 Å². The topological polar surface area (TPSA) is 17.1 Å². The van der Waals surface area contributed by atoms with Crippen molar-refractivity contribution in [2.45, 2.75) is 6.92 Å². The maximum atomic E-state index is 10.7. The van der Waals surface area contributed by atoms with E-state index in [1.54, 1.807) is 0 Å². The Morgan fingerprint density at radius 3 is 2.85 bits per heavy atom. The van der Waals surface area contributed by atoms with Crippen molar-refractivity contribution < 1.29 is 4.79 Å². The van der Waals surface area contributed by atoms with Crippen LogP contribution in [0.2, 0.25) is 0 Å². The Balaban J connectivity index is 2.92. The van der Waals surface area contributed by atoms with Gasteiger partial charge in [0.2, 0.25) is 0 Å². The van der Waals surface area contributed by atoms with Gasteiger partial charge in [-0.05, 0) is 34.5 Å². The average Bonchev–Trinajstić information content (AvgIpc) is 2.44. The number of rotatable bonds is 1. The summed E-state index contributed by atoms with van der Waals surface area (Å²) < 4.78 is 2.09. The quantitative estimate of drug-likeness (QED) is 0.708. The van der Waals surface area contributed by atoms with Crippen molar-refractivity contribution in [1.82, 2.24) is 0 Å². The van der Waals surface area contributed by atoms with Crippen LogP contribution in [0.15, 0.2) is 22.7 Å². The Labute approximate surface area is 88.5 Å². The van der Waals surface area contributed by atoms with E-state index in [4.69, 9.17) is 0 Å². The van der Waals surface area contributed by atoms with Crippen molar-refractivity contribution in [1.29, 1.82) is 0 Å². The Hall–Kier alpha value is -0.670. The number of carbonyl (C=O) groups is 1. The van der Waals surface area contributed by atoms with E-state index in [0.29, 0.717) is 0 Å². The van der Waals surface area contributed by atoms with Crippen molar-refractivity contribution in [2.24, 2.45) is 0 Å². The highest BCUT2D eigenvalue weighted by Crippen LogP contribution is 2.36. The third kappa shape index (κ3) is 1.32. The molecule has 0 amide bonds. The van der Waals surface area contributed by atoms with Gasteiger partial charge < -0.3 is 0 Å². The normalized spacial score (nSPS) is 10.6. The van der Waals surface area contributed by atoms with Gasteiger partial charge in [-0.1, -0.05) is 12.1 Å². The summed E-state index contributed by atoms with van der Waals surface area (Å²) in [5.74, 6) is 0. The minimum atomic E-state index is 0.768. The minimum absolute atomic E-state index is 0.768. The molecule has 0 atom stereocenters. The van der Waals surface area contributed by atoms with E-state index in [1.807, 2.05) is 25.1 Å². The van der Waals surface area contributed by atoms with E-state index in [-0.39, 0.29) is 0 Å². The number of thiophene rings is 1. The Morgan fingerprint density at radius 1 is 1.46 bits per heavy atom. The summed E-state index contributed by atoms with van der Waals surface area (Å²) in [5, 5.41) is 1.16. The van der Waals surface area contributed by atoms with Gasteiger partial charge in [0.25, 0.3) is 0 Å². The van der Waals surface area contributed by atoms with E-state index in [0.717, 1.165) is 25.7 Å². The molecule has 0 saturated heterocycles. The van der Waals surface area contributed by atoms with Gasteiger partial charge in [-0.2, -0.15) is 0 Å². The summed E-state index contributed by atoms with van der Waals surface area (Å²) in [6, 6.07) is 6.09. The Bertz CT molecular complexity index is 473. The molecular formula is C10H7BrOS. The van der Waals surface area contributed by atoms with E-state index in [9.17, 15) is 4.79 Å². The van der Waals surface area contributed by atoms with Crippen LogP contribution in [0, 0.1) is 6.92 Å². The van der Waals surface area contributed by atoms with Gasteiger partial charge in [0, 0.05) is 14.6 Å². The van der Waals surface area contributed by atoms with Gasteiger partial charge in [-0.15, -0.1) is 11.3 Å². The molecule has 2 aromatic rings. The Kier molecular flexibility index (Phi) is 2.22. The molecular weight excluding hydrogens is 248 g/mol. The second-order valence-corrected chi connectivity index (χ2v) is 4.72. The molecule has 0 aliphatic heterocycles. The van der Waals surface area contributed by atoms with E-state index in [2.05, 4.69) is 15.9 Å². The molecule has 0 saturated carbocycles. The molecule has 0 spiro atoms. The summed E-state index contributed by atoms with van der Waals surface area (Å²) in [6.45, 7) is 2.05. The molecule has 2 rings (SSSR count). The zero-order valence-corrected chi connectivity index (χ0v) is 9.41. The van der Waals surface area contributed by atoms with Crippen LogP contribution in [0.3, 0.4) is 0 Å². The van der Waals surface area contributed by atoms with Crippen molar-refractivity contribution in [3.63, 3.8) is 0 Å². The molecule has 0 N–H and O–H groups in total. The number of fused-ring (bicyclic) bond motifs is 1.